The average molecular weight is 605 g/mol. The minimum absolute atomic E-state index is 0.137. The number of carbonyl (C=O) groups is 2. The number of likely N-dealkylation sites (N-methyl/N-ethyl adjacent to an activating group) is 1. The van der Waals surface area contributed by atoms with Crippen LogP contribution in [0, 0.1) is 11.3 Å². The number of amides is 2. The van der Waals surface area contributed by atoms with Gasteiger partial charge >= 0.3 is 12.1 Å². The van der Waals surface area contributed by atoms with E-state index in [4.69, 9.17) is 9.84 Å². The van der Waals surface area contributed by atoms with Crippen LogP contribution < -0.4 is 15.0 Å². The second kappa shape index (κ2) is 12.4. The maximum absolute atomic E-state index is 14.4. The van der Waals surface area contributed by atoms with E-state index in [1.54, 1.807) is 67.1 Å². The highest BCUT2D eigenvalue weighted by molar-refractivity contribution is 6.02. The van der Waals surface area contributed by atoms with Crippen molar-refractivity contribution in [2.24, 2.45) is 0 Å². The molecule has 0 bridgehead atoms. The lowest BCUT2D eigenvalue weighted by molar-refractivity contribution is -0.190. The molecular formula is C32H31F3N6O3. The van der Waals surface area contributed by atoms with Gasteiger partial charge in [-0.3, -0.25) is 9.59 Å². The van der Waals surface area contributed by atoms with E-state index in [1.807, 2.05) is 24.3 Å². The summed E-state index contributed by atoms with van der Waals surface area (Å²) in [5.74, 6) is -2.57. The summed E-state index contributed by atoms with van der Waals surface area (Å²) in [6.07, 6.45) is -6.32. The molecule has 2 heterocycles. The molecule has 0 spiro atoms. The third kappa shape index (κ3) is 5.83. The van der Waals surface area contributed by atoms with E-state index < -0.39 is 36.2 Å². The molecule has 5 rings (SSSR count). The quantitative estimate of drug-likeness (QED) is 0.305. The van der Waals surface area contributed by atoms with Crippen molar-refractivity contribution in [2.75, 3.05) is 18.0 Å². The number of halogens is 3. The molecule has 228 valence electrons. The van der Waals surface area contributed by atoms with Crippen molar-refractivity contribution in [3.8, 4) is 17.5 Å². The number of nitriles is 1. The van der Waals surface area contributed by atoms with Gasteiger partial charge in [0.05, 0.1) is 34.7 Å². The van der Waals surface area contributed by atoms with Crippen molar-refractivity contribution >= 4 is 28.4 Å². The van der Waals surface area contributed by atoms with Crippen molar-refractivity contribution in [3.05, 3.63) is 84.1 Å². The molecule has 1 N–H and O–H groups in total. The summed E-state index contributed by atoms with van der Waals surface area (Å²) >= 11 is 0. The van der Waals surface area contributed by atoms with Crippen molar-refractivity contribution in [1.82, 2.24) is 20.0 Å². The third-order valence-electron chi connectivity index (χ3n) is 7.52. The molecule has 4 aromatic rings. The second-order valence-corrected chi connectivity index (χ2v) is 10.6. The highest BCUT2D eigenvalue weighted by atomic mass is 19.4. The molecule has 9 nitrogen and oxygen atoms in total. The summed E-state index contributed by atoms with van der Waals surface area (Å²) in [6.45, 7) is 4.88. The number of anilines is 1. The second-order valence-electron chi connectivity index (χ2n) is 10.6. The molecule has 2 amide bonds. The van der Waals surface area contributed by atoms with Gasteiger partial charge in [0.15, 0.2) is 0 Å². The third-order valence-corrected chi connectivity index (χ3v) is 7.52. The van der Waals surface area contributed by atoms with Gasteiger partial charge in [0.2, 0.25) is 0 Å². The van der Waals surface area contributed by atoms with Gasteiger partial charge < -0.3 is 19.9 Å². The van der Waals surface area contributed by atoms with Gasteiger partial charge in [-0.05, 0) is 50.7 Å². The minimum Gasteiger partial charge on any atom is -0.486 e. The molecule has 1 aliphatic rings. The highest BCUT2D eigenvalue weighted by Gasteiger charge is 2.50. The zero-order valence-electron chi connectivity index (χ0n) is 24.4. The van der Waals surface area contributed by atoms with Crippen LogP contribution in [0.3, 0.4) is 0 Å². The first-order valence-corrected chi connectivity index (χ1v) is 14.2. The van der Waals surface area contributed by atoms with E-state index in [1.165, 1.54) is 11.8 Å². The number of nitrogens with zero attached hydrogens (tertiary/aromatic N) is 5. The number of para-hydroxylation sites is 4. The topological polar surface area (TPSA) is 103 Å². The Morgan fingerprint density at radius 3 is 2.45 bits per heavy atom. The van der Waals surface area contributed by atoms with Crippen LogP contribution in [0.15, 0.2) is 72.8 Å². The predicted octanol–water partition coefficient (Wildman–Crippen LogP) is 4.97. The maximum atomic E-state index is 14.4. The fourth-order valence-electron chi connectivity index (χ4n) is 5.60. The molecule has 44 heavy (non-hydrogen) atoms. The predicted molar refractivity (Wildman–Crippen MR) is 158 cm³/mol. The van der Waals surface area contributed by atoms with E-state index in [2.05, 4.69) is 11.4 Å². The number of nitrogens with one attached hydrogen (secondary N) is 1. The first kappa shape index (κ1) is 30.6. The van der Waals surface area contributed by atoms with Crippen molar-refractivity contribution in [1.29, 1.82) is 5.26 Å². The molecule has 12 heteroatoms. The standard InChI is InChI=1S/C32H31F3N6O3/c1-4-37-20(2)18-40(31(43)32(33,34)35)29-21(3)44-28-16-10-9-15-27(28)39(30(29)42)19-24-23-12-6-8-14-26(23)41(38-24)25-13-7-5-11-22(25)17-36/h5-16,20-21,29,37H,4,18-19H2,1-3H3/t20-,21-,29-/m0/s1. The lowest BCUT2D eigenvalue weighted by atomic mass is 10.1. The van der Waals surface area contributed by atoms with Crippen molar-refractivity contribution in [3.63, 3.8) is 0 Å². The van der Waals surface area contributed by atoms with Gasteiger partial charge in [-0.15, -0.1) is 0 Å². The number of carbonyl (C=O) groups excluding carboxylic acids is 2. The number of rotatable bonds is 8. The molecule has 0 saturated heterocycles. The van der Waals surface area contributed by atoms with Gasteiger partial charge in [-0.2, -0.15) is 23.5 Å². The lowest BCUT2D eigenvalue weighted by Gasteiger charge is -2.36. The SMILES string of the molecule is CCN[C@@H](C)CN(C(=O)C(F)(F)F)[C@@H]1C(=O)N(Cc2nn(-c3ccccc3C#N)c3ccccc23)c2ccccc2O[C@H]1C. The van der Waals surface area contributed by atoms with Crippen LogP contribution in [0.25, 0.3) is 16.6 Å². The van der Waals surface area contributed by atoms with E-state index in [9.17, 15) is 28.0 Å². The molecule has 3 atom stereocenters. The van der Waals surface area contributed by atoms with Crippen molar-refractivity contribution < 1.29 is 27.5 Å². The molecule has 3 aromatic carbocycles. The first-order chi connectivity index (χ1) is 21.0. The smallest absolute Gasteiger partial charge is 0.471 e. The Bertz CT molecular complexity index is 1730. The van der Waals surface area contributed by atoms with Crippen LogP contribution in [-0.4, -0.2) is 63.9 Å². The summed E-state index contributed by atoms with van der Waals surface area (Å²) in [5, 5.41) is 18.2. The number of fused-ring (bicyclic) bond motifs is 2. The largest absolute Gasteiger partial charge is 0.486 e. The van der Waals surface area contributed by atoms with E-state index in [-0.39, 0.29) is 18.8 Å². The fourth-order valence-corrected chi connectivity index (χ4v) is 5.60. The Balaban J connectivity index is 1.63. The zero-order chi connectivity index (χ0) is 31.6. The Hall–Kier alpha value is -4.89. The van der Waals surface area contributed by atoms with Gasteiger partial charge in [-0.1, -0.05) is 49.4 Å². The molecule has 0 saturated carbocycles. The maximum Gasteiger partial charge on any atom is 0.471 e. The lowest BCUT2D eigenvalue weighted by Crippen LogP contribution is -2.60. The van der Waals surface area contributed by atoms with Crippen LogP contribution in [-0.2, 0) is 16.1 Å². The molecular weight excluding hydrogens is 573 g/mol. The molecule has 0 fully saturated rings. The molecule has 1 aliphatic heterocycles. The summed E-state index contributed by atoms with van der Waals surface area (Å²) in [4.78, 5) is 29.2. The average Bonchev–Trinajstić information content (AvgIpc) is 3.32. The number of alkyl halides is 3. The number of hydrogen-bond acceptors (Lipinski definition) is 6. The summed E-state index contributed by atoms with van der Waals surface area (Å²) in [6, 6.07) is 21.0. The highest BCUT2D eigenvalue weighted by Crippen LogP contribution is 2.37. The summed E-state index contributed by atoms with van der Waals surface area (Å²) in [7, 11) is 0. The molecule has 0 unspecified atom stereocenters. The monoisotopic (exact) mass is 604 g/mol. The van der Waals surface area contributed by atoms with Crippen LogP contribution in [0.4, 0.5) is 18.9 Å². The van der Waals surface area contributed by atoms with Gasteiger partial charge in [0.25, 0.3) is 5.91 Å². The normalized spacial score (nSPS) is 17.4. The Kier molecular flexibility index (Phi) is 8.60. The summed E-state index contributed by atoms with van der Waals surface area (Å²) in [5.41, 5.74) is 2.38. The number of aromatic nitrogens is 2. The van der Waals surface area contributed by atoms with E-state index in [0.29, 0.717) is 45.0 Å². The Morgan fingerprint density at radius 2 is 1.75 bits per heavy atom. The van der Waals surface area contributed by atoms with Crippen molar-refractivity contribution in [2.45, 2.75) is 51.7 Å². The summed E-state index contributed by atoms with van der Waals surface area (Å²) < 4.78 is 49.5. The number of benzene rings is 3. The Labute approximate surface area is 252 Å². The first-order valence-electron chi connectivity index (χ1n) is 14.2. The number of ether oxygens (including phenoxy) is 1. The molecule has 0 radical (unpaired) electrons. The van der Waals surface area contributed by atoms with Crippen LogP contribution in [0.2, 0.25) is 0 Å². The minimum atomic E-state index is -5.21. The van der Waals surface area contributed by atoms with Crippen LogP contribution >= 0.6 is 0 Å². The van der Waals surface area contributed by atoms with Crippen LogP contribution in [0.5, 0.6) is 5.75 Å². The molecule has 1 aromatic heterocycles. The molecule has 0 aliphatic carbocycles. The van der Waals surface area contributed by atoms with E-state index >= 15 is 0 Å². The van der Waals surface area contributed by atoms with Gasteiger partial charge in [0, 0.05) is 18.0 Å². The number of hydrogen-bond donors (Lipinski definition) is 1. The van der Waals surface area contributed by atoms with Gasteiger partial charge in [0.1, 0.15) is 24.0 Å². The fraction of sp³-hybridized carbons (Fsp3) is 0.312. The van der Waals surface area contributed by atoms with E-state index in [0.717, 1.165) is 0 Å². The Morgan fingerprint density at radius 1 is 1.09 bits per heavy atom. The zero-order valence-corrected chi connectivity index (χ0v) is 24.4. The van der Waals surface area contributed by atoms with Gasteiger partial charge in [-0.25, -0.2) is 4.68 Å². The van der Waals surface area contributed by atoms with Crippen LogP contribution in [0.1, 0.15) is 32.0 Å².